The van der Waals surface area contributed by atoms with Crippen LogP contribution in [-0.4, -0.2) is 13.1 Å². The first-order valence-corrected chi connectivity index (χ1v) is 9.15. The predicted octanol–water partition coefficient (Wildman–Crippen LogP) is 5.02. The molecule has 3 aromatic rings. The molecule has 5 rings (SSSR count). The molecule has 0 spiro atoms. The third-order valence-corrected chi connectivity index (χ3v) is 5.38. The fraction of sp³-hybridized carbons (Fsp3) is 0.0833. The molecular weight excluding hydrogens is 316 g/mol. The normalized spacial score (nSPS) is 21.3. The van der Waals surface area contributed by atoms with Gasteiger partial charge in [0, 0.05) is 0 Å². The van der Waals surface area contributed by atoms with Crippen LogP contribution in [0.2, 0.25) is 0 Å². The molecule has 1 unspecified atom stereocenters. The van der Waals surface area contributed by atoms with E-state index < -0.39 is 0 Å². The van der Waals surface area contributed by atoms with Crippen molar-refractivity contribution in [1.82, 2.24) is 9.80 Å². The van der Waals surface area contributed by atoms with Gasteiger partial charge in [-0.15, -0.1) is 0 Å². The minimum absolute atomic E-state index is 0.773. The summed E-state index contributed by atoms with van der Waals surface area (Å²) in [6.45, 7) is 2.02. The van der Waals surface area contributed by atoms with E-state index in [-0.39, 0.29) is 0 Å². The molecule has 2 nitrogen and oxygen atoms in total. The molecule has 1 fully saturated rings. The van der Waals surface area contributed by atoms with Crippen molar-refractivity contribution in [2.45, 2.75) is 0 Å². The second-order valence-electron chi connectivity index (χ2n) is 6.85. The molecule has 0 aliphatic carbocycles. The Balaban J connectivity index is 1.79. The molecule has 2 heteroatoms. The van der Waals surface area contributed by atoms with Crippen LogP contribution in [0.1, 0.15) is 11.1 Å². The van der Waals surface area contributed by atoms with Crippen LogP contribution in [0.5, 0.6) is 0 Å². The molecule has 2 aliphatic rings. The average Bonchev–Trinajstić information content (AvgIpc) is 3.27. The Morgan fingerprint density at radius 1 is 0.654 bits per heavy atom. The van der Waals surface area contributed by atoms with Crippen LogP contribution < -0.4 is 9.80 Å². The van der Waals surface area contributed by atoms with Gasteiger partial charge in [0.1, 0.15) is 18.4 Å². The third kappa shape index (κ3) is 2.23. The molecule has 2 aliphatic heterocycles. The van der Waals surface area contributed by atoms with Crippen molar-refractivity contribution in [1.29, 1.82) is 0 Å². The van der Waals surface area contributed by atoms with Gasteiger partial charge in [-0.1, -0.05) is 78.9 Å². The van der Waals surface area contributed by atoms with E-state index in [2.05, 4.69) is 103 Å². The molecule has 126 valence electrons. The summed E-state index contributed by atoms with van der Waals surface area (Å²) in [7, 11) is 0. The number of rotatable bonds is 3. The smallest absolute Gasteiger partial charge is 0.220 e. The van der Waals surface area contributed by atoms with Gasteiger partial charge in [0.25, 0.3) is 0 Å². The van der Waals surface area contributed by atoms with E-state index in [0.717, 1.165) is 17.6 Å². The molecular formula is C24H21N2+. The molecule has 0 bridgehead atoms. The van der Waals surface area contributed by atoms with Gasteiger partial charge in [-0.2, -0.15) is 0 Å². The van der Waals surface area contributed by atoms with Crippen LogP contribution in [0.15, 0.2) is 103 Å². The van der Waals surface area contributed by atoms with E-state index >= 15 is 0 Å². The SMILES string of the molecule is C1=C(c2ccccc2)C(c2ccccc2)=C2NCC[N+]12c1ccccc1. The number of nitrogens with one attached hydrogen (secondary N) is 1. The molecule has 2 heterocycles. The summed E-state index contributed by atoms with van der Waals surface area (Å²) in [4.78, 5) is 0. The molecule has 0 saturated carbocycles. The van der Waals surface area contributed by atoms with Gasteiger partial charge in [-0.3, -0.25) is 0 Å². The van der Waals surface area contributed by atoms with Gasteiger partial charge in [0.15, 0.2) is 0 Å². The lowest BCUT2D eigenvalue weighted by atomic mass is 9.94. The Kier molecular flexibility index (Phi) is 3.51. The van der Waals surface area contributed by atoms with Crippen molar-refractivity contribution in [3.05, 3.63) is 114 Å². The maximum atomic E-state index is 3.71. The Morgan fingerprint density at radius 2 is 1.23 bits per heavy atom. The monoisotopic (exact) mass is 337 g/mol. The molecule has 1 N–H and O–H groups in total. The second kappa shape index (κ2) is 6.01. The molecule has 0 radical (unpaired) electrons. The number of quaternary nitrogens is 1. The molecule has 3 aromatic carbocycles. The zero-order valence-electron chi connectivity index (χ0n) is 14.6. The van der Waals surface area contributed by atoms with E-state index in [1.165, 1.54) is 33.8 Å². The minimum atomic E-state index is 0.773. The highest BCUT2D eigenvalue weighted by molar-refractivity contribution is 6.09. The standard InChI is InChI=1S/C24H21N2/c1-4-10-19(11-5-1)22-18-26(21-14-8-3-9-15-21)17-16-25-24(26)23(22)20-12-6-2-7-13-20/h1-15,18,25H,16-17H2/q+1. The Morgan fingerprint density at radius 3 is 1.88 bits per heavy atom. The summed E-state index contributed by atoms with van der Waals surface area (Å²) in [5, 5.41) is 3.71. The van der Waals surface area contributed by atoms with E-state index in [1.807, 2.05) is 0 Å². The molecule has 1 saturated heterocycles. The Labute approximate surface area is 154 Å². The summed E-state index contributed by atoms with van der Waals surface area (Å²) in [6.07, 6.45) is 2.43. The van der Waals surface area contributed by atoms with Crippen molar-refractivity contribution < 1.29 is 0 Å². The fourth-order valence-electron chi connectivity index (χ4n) is 4.19. The summed E-state index contributed by atoms with van der Waals surface area (Å²) in [5.41, 5.74) is 6.47. The zero-order valence-corrected chi connectivity index (χ0v) is 14.6. The van der Waals surface area contributed by atoms with Gasteiger partial charge in [-0.05, 0) is 23.3 Å². The first-order chi connectivity index (χ1) is 12.9. The first kappa shape index (κ1) is 15.2. The Hall–Kier alpha value is -3.10. The number of hydrogen-bond donors (Lipinski definition) is 1. The average molecular weight is 337 g/mol. The van der Waals surface area contributed by atoms with E-state index in [1.54, 1.807) is 0 Å². The number of nitrogens with zero attached hydrogens (tertiary/aromatic N) is 1. The van der Waals surface area contributed by atoms with Crippen LogP contribution in [-0.2, 0) is 0 Å². The second-order valence-corrected chi connectivity index (χ2v) is 6.85. The predicted molar refractivity (Wildman–Crippen MR) is 109 cm³/mol. The van der Waals surface area contributed by atoms with Crippen molar-refractivity contribution in [2.75, 3.05) is 13.1 Å². The lowest BCUT2D eigenvalue weighted by molar-refractivity contribution is 0.530. The van der Waals surface area contributed by atoms with Crippen molar-refractivity contribution in [3.63, 3.8) is 0 Å². The van der Waals surface area contributed by atoms with Crippen LogP contribution in [0.25, 0.3) is 11.1 Å². The summed E-state index contributed by atoms with van der Waals surface area (Å²) >= 11 is 0. The topological polar surface area (TPSA) is 12.0 Å². The summed E-state index contributed by atoms with van der Waals surface area (Å²) in [5.74, 6) is 1.29. The summed E-state index contributed by atoms with van der Waals surface area (Å²) in [6, 6.07) is 32.3. The first-order valence-electron chi connectivity index (χ1n) is 9.15. The van der Waals surface area contributed by atoms with Crippen molar-refractivity contribution >= 4 is 16.8 Å². The number of benzene rings is 3. The molecule has 0 aromatic heterocycles. The molecule has 26 heavy (non-hydrogen) atoms. The van der Waals surface area contributed by atoms with Gasteiger partial charge in [0.05, 0.1) is 17.7 Å². The molecule has 0 amide bonds. The quantitative estimate of drug-likeness (QED) is 0.662. The lowest BCUT2D eigenvalue weighted by Gasteiger charge is -2.26. The van der Waals surface area contributed by atoms with Gasteiger partial charge in [-0.25, -0.2) is 4.48 Å². The Bertz CT molecular complexity index is 988. The van der Waals surface area contributed by atoms with E-state index in [0.29, 0.717) is 0 Å². The number of allylic oxidation sites excluding steroid dienone is 2. The highest BCUT2D eigenvalue weighted by atomic mass is 15.5. The van der Waals surface area contributed by atoms with Crippen molar-refractivity contribution in [2.24, 2.45) is 0 Å². The highest BCUT2D eigenvalue weighted by Crippen LogP contribution is 2.47. The number of fused-ring (bicyclic) bond motifs is 1. The van der Waals surface area contributed by atoms with Crippen LogP contribution in [0, 0.1) is 0 Å². The maximum Gasteiger partial charge on any atom is 0.220 e. The van der Waals surface area contributed by atoms with Gasteiger partial charge >= 0.3 is 0 Å². The zero-order chi connectivity index (χ0) is 17.4. The molecule has 1 atom stereocenters. The van der Waals surface area contributed by atoms with Crippen LogP contribution in [0.3, 0.4) is 0 Å². The highest BCUT2D eigenvalue weighted by Gasteiger charge is 2.47. The number of para-hydroxylation sites is 1. The largest absolute Gasteiger partial charge is 0.334 e. The summed E-state index contributed by atoms with van der Waals surface area (Å²) < 4.78 is 0.773. The van der Waals surface area contributed by atoms with E-state index in [9.17, 15) is 0 Å². The fourth-order valence-corrected chi connectivity index (χ4v) is 4.19. The minimum Gasteiger partial charge on any atom is -0.334 e. The van der Waals surface area contributed by atoms with Crippen LogP contribution >= 0.6 is 0 Å². The van der Waals surface area contributed by atoms with Crippen LogP contribution in [0.4, 0.5) is 5.69 Å². The lowest BCUT2D eigenvalue weighted by Crippen LogP contribution is -2.38. The van der Waals surface area contributed by atoms with E-state index in [4.69, 9.17) is 0 Å². The van der Waals surface area contributed by atoms with Crippen molar-refractivity contribution in [3.8, 4) is 0 Å². The van der Waals surface area contributed by atoms with Gasteiger partial charge in [0.2, 0.25) is 5.82 Å². The van der Waals surface area contributed by atoms with Gasteiger partial charge < -0.3 is 5.32 Å². The third-order valence-electron chi connectivity index (χ3n) is 5.38. The number of hydrogen-bond acceptors (Lipinski definition) is 1. The maximum absolute atomic E-state index is 3.71.